The van der Waals surface area contributed by atoms with Gasteiger partial charge >= 0.3 is 5.97 Å². The molecule has 1 aliphatic rings. The normalized spacial score (nSPS) is 14.6. The largest absolute Gasteiger partial charge is 0.497 e. The van der Waals surface area contributed by atoms with Gasteiger partial charge in [-0.25, -0.2) is 9.18 Å². The number of halogens is 1. The van der Waals surface area contributed by atoms with E-state index in [1.54, 1.807) is 54.6 Å². The van der Waals surface area contributed by atoms with Crippen LogP contribution in [0.5, 0.6) is 11.5 Å². The lowest BCUT2D eigenvalue weighted by Crippen LogP contribution is -2.27. The highest BCUT2D eigenvalue weighted by Gasteiger charge is 2.35. The van der Waals surface area contributed by atoms with Crippen molar-refractivity contribution in [3.05, 3.63) is 100 Å². The van der Waals surface area contributed by atoms with Gasteiger partial charge in [-0.05, 0) is 54.2 Å². The maximum absolute atomic E-state index is 14.0. The van der Waals surface area contributed by atoms with Gasteiger partial charge in [0.1, 0.15) is 17.3 Å². The van der Waals surface area contributed by atoms with E-state index in [4.69, 9.17) is 9.47 Å². The van der Waals surface area contributed by atoms with Gasteiger partial charge in [0.15, 0.2) is 0 Å². The van der Waals surface area contributed by atoms with Crippen molar-refractivity contribution in [2.24, 2.45) is 0 Å². The van der Waals surface area contributed by atoms with Gasteiger partial charge in [-0.2, -0.15) is 0 Å². The maximum atomic E-state index is 14.0. The highest BCUT2D eigenvalue weighted by Crippen LogP contribution is 2.35. The SMILES string of the molecule is COc1ccc(C(=O)Oc2ccccc2/C=C2\SC(=O)N(Cc3ccccc3F)C2=O)cc1. The number of carbonyl (C=O) groups is 3. The molecule has 0 saturated carbocycles. The Hall–Kier alpha value is -3.91. The predicted octanol–water partition coefficient (Wildman–Crippen LogP) is 5.29. The topological polar surface area (TPSA) is 72.9 Å². The lowest BCUT2D eigenvalue weighted by molar-refractivity contribution is -0.123. The van der Waals surface area contributed by atoms with Crippen LogP contribution in [0.2, 0.25) is 0 Å². The van der Waals surface area contributed by atoms with Crippen LogP contribution in [0.25, 0.3) is 6.08 Å². The second kappa shape index (κ2) is 9.70. The van der Waals surface area contributed by atoms with E-state index in [0.29, 0.717) is 16.9 Å². The van der Waals surface area contributed by atoms with Gasteiger partial charge < -0.3 is 9.47 Å². The minimum atomic E-state index is -0.578. The molecule has 0 unspecified atom stereocenters. The molecule has 1 fully saturated rings. The van der Waals surface area contributed by atoms with Gasteiger partial charge in [0.05, 0.1) is 24.1 Å². The standard InChI is InChI=1S/C25H18FNO5S/c1-31-19-12-10-16(11-13-19)24(29)32-21-9-5-3-6-17(21)14-22-23(28)27(25(30)33-22)15-18-7-2-4-8-20(18)26/h2-14H,15H2,1H3/b22-14-. The summed E-state index contributed by atoms with van der Waals surface area (Å²) >= 11 is 0.752. The Morgan fingerprint density at radius 2 is 1.70 bits per heavy atom. The number of carbonyl (C=O) groups excluding carboxylic acids is 3. The van der Waals surface area contributed by atoms with Crippen LogP contribution < -0.4 is 9.47 Å². The smallest absolute Gasteiger partial charge is 0.343 e. The Morgan fingerprint density at radius 1 is 1.00 bits per heavy atom. The maximum Gasteiger partial charge on any atom is 0.343 e. The zero-order chi connectivity index (χ0) is 23.4. The van der Waals surface area contributed by atoms with Gasteiger partial charge in [0.25, 0.3) is 11.1 Å². The number of thioether (sulfide) groups is 1. The molecule has 3 aromatic carbocycles. The van der Waals surface area contributed by atoms with Gasteiger partial charge in [-0.3, -0.25) is 14.5 Å². The molecule has 0 radical (unpaired) electrons. The summed E-state index contributed by atoms with van der Waals surface area (Å²) in [4.78, 5) is 38.9. The number of rotatable bonds is 6. The fraction of sp³-hybridized carbons (Fsp3) is 0.0800. The van der Waals surface area contributed by atoms with Gasteiger partial charge in [-0.1, -0.05) is 36.4 Å². The monoisotopic (exact) mass is 463 g/mol. The van der Waals surface area contributed by atoms with E-state index in [1.807, 2.05) is 0 Å². The Bertz CT molecular complexity index is 1260. The second-order valence-corrected chi connectivity index (χ2v) is 8.01. The number of ether oxygens (including phenoxy) is 2. The van der Waals surface area contributed by atoms with Crippen molar-refractivity contribution < 1.29 is 28.2 Å². The van der Waals surface area contributed by atoms with Crippen LogP contribution in [0, 0.1) is 5.82 Å². The molecule has 0 N–H and O–H groups in total. The van der Waals surface area contributed by atoms with Gasteiger partial charge in [0, 0.05) is 11.1 Å². The molecule has 0 bridgehead atoms. The van der Waals surface area contributed by atoms with Crippen LogP contribution in [0.3, 0.4) is 0 Å². The minimum Gasteiger partial charge on any atom is -0.497 e. The third-order valence-corrected chi connectivity index (χ3v) is 5.80. The summed E-state index contributed by atoms with van der Waals surface area (Å²) in [6.07, 6.45) is 1.49. The molecule has 4 rings (SSSR count). The summed E-state index contributed by atoms with van der Waals surface area (Å²) < 4.78 is 24.6. The number of imide groups is 1. The highest BCUT2D eigenvalue weighted by atomic mass is 32.2. The first kappa shape index (κ1) is 22.3. The molecule has 3 aromatic rings. The Balaban J connectivity index is 1.54. The number of esters is 1. The number of amides is 2. The Labute approximate surface area is 193 Å². The van der Waals surface area contributed by atoms with Crippen LogP contribution in [0.1, 0.15) is 21.5 Å². The molecule has 1 aliphatic heterocycles. The summed E-state index contributed by atoms with van der Waals surface area (Å²) in [7, 11) is 1.53. The molecular formula is C25H18FNO5S. The van der Waals surface area contributed by atoms with Gasteiger partial charge in [-0.15, -0.1) is 0 Å². The molecule has 0 aromatic heterocycles. The van der Waals surface area contributed by atoms with Crippen molar-refractivity contribution in [2.45, 2.75) is 6.54 Å². The van der Waals surface area contributed by atoms with Crippen LogP contribution in [-0.4, -0.2) is 29.1 Å². The fourth-order valence-electron chi connectivity index (χ4n) is 3.15. The molecule has 0 aliphatic carbocycles. The van der Waals surface area contributed by atoms with E-state index in [0.717, 1.165) is 16.7 Å². The number of nitrogens with zero attached hydrogens (tertiary/aromatic N) is 1. The first-order chi connectivity index (χ1) is 16.0. The number of hydrogen-bond donors (Lipinski definition) is 0. The molecule has 2 amide bonds. The zero-order valence-corrected chi connectivity index (χ0v) is 18.3. The Morgan fingerprint density at radius 3 is 2.42 bits per heavy atom. The van der Waals surface area contributed by atoms with E-state index in [-0.39, 0.29) is 22.8 Å². The number of benzene rings is 3. The van der Waals surface area contributed by atoms with Crippen molar-refractivity contribution in [1.29, 1.82) is 0 Å². The van der Waals surface area contributed by atoms with Crippen molar-refractivity contribution in [3.8, 4) is 11.5 Å². The molecule has 0 atom stereocenters. The van der Waals surface area contributed by atoms with Crippen LogP contribution in [0.4, 0.5) is 9.18 Å². The predicted molar refractivity (Wildman–Crippen MR) is 122 cm³/mol. The van der Waals surface area contributed by atoms with E-state index in [9.17, 15) is 18.8 Å². The first-order valence-electron chi connectivity index (χ1n) is 9.90. The Kier molecular flexibility index (Phi) is 6.55. The van der Waals surface area contributed by atoms with Crippen molar-refractivity contribution in [2.75, 3.05) is 7.11 Å². The van der Waals surface area contributed by atoms with E-state index < -0.39 is 22.9 Å². The average Bonchev–Trinajstić information content (AvgIpc) is 3.09. The molecule has 166 valence electrons. The number of para-hydroxylation sites is 1. The molecular weight excluding hydrogens is 445 g/mol. The summed E-state index contributed by atoms with van der Waals surface area (Å²) in [6.45, 7) is -0.164. The minimum absolute atomic E-state index is 0.157. The third-order valence-electron chi connectivity index (χ3n) is 4.89. The quantitative estimate of drug-likeness (QED) is 0.281. The van der Waals surface area contributed by atoms with Gasteiger partial charge in [0.2, 0.25) is 0 Å². The zero-order valence-electron chi connectivity index (χ0n) is 17.5. The first-order valence-corrected chi connectivity index (χ1v) is 10.7. The number of hydrogen-bond acceptors (Lipinski definition) is 6. The third kappa shape index (κ3) is 4.96. The van der Waals surface area contributed by atoms with Crippen LogP contribution >= 0.6 is 11.8 Å². The molecule has 1 saturated heterocycles. The van der Waals surface area contributed by atoms with E-state index >= 15 is 0 Å². The fourth-order valence-corrected chi connectivity index (χ4v) is 3.98. The summed E-state index contributed by atoms with van der Waals surface area (Å²) in [5, 5.41) is -0.498. The van der Waals surface area contributed by atoms with Crippen LogP contribution in [-0.2, 0) is 11.3 Å². The summed E-state index contributed by atoms with van der Waals surface area (Å²) in [6, 6.07) is 19.1. The van der Waals surface area contributed by atoms with Crippen molar-refractivity contribution in [3.63, 3.8) is 0 Å². The van der Waals surface area contributed by atoms with Crippen LogP contribution in [0.15, 0.2) is 77.7 Å². The highest BCUT2D eigenvalue weighted by molar-refractivity contribution is 8.18. The lowest BCUT2D eigenvalue weighted by Gasteiger charge is -2.13. The van der Waals surface area contributed by atoms with E-state index in [1.165, 1.54) is 31.4 Å². The number of methoxy groups -OCH3 is 1. The summed E-state index contributed by atoms with van der Waals surface area (Å²) in [5.74, 6) is -0.760. The lowest BCUT2D eigenvalue weighted by atomic mass is 10.1. The summed E-state index contributed by atoms with van der Waals surface area (Å²) in [5.41, 5.74) is 1.03. The van der Waals surface area contributed by atoms with E-state index in [2.05, 4.69) is 0 Å². The average molecular weight is 463 g/mol. The molecule has 8 heteroatoms. The molecule has 0 spiro atoms. The second-order valence-electron chi connectivity index (χ2n) is 7.02. The van der Waals surface area contributed by atoms with Crippen molar-refractivity contribution in [1.82, 2.24) is 4.90 Å². The van der Waals surface area contributed by atoms with Crippen molar-refractivity contribution >= 4 is 35.0 Å². The molecule has 6 nitrogen and oxygen atoms in total. The molecule has 33 heavy (non-hydrogen) atoms. The molecule has 1 heterocycles.